The predicted molar refractivity (Wildman–Crippen MR) is 92.6 cm³/mol. The number of rotatable bonds is 1. The molecule has 2 aromatic carbocycles. The van der Waals surface area contributed by atoms with E-state index in [2.05, 4.69) is 79.7 Å². The molecule has 1 aliphatic carbocycles. The van der Waals surface area contributed by atoms with Gasteiger partial charge in [0.2, 0.25) is 0 Å². The second-order valence-corrected chi connectivity index (χ2v) is 12.3. The molecule has 1 heterocycles. The standard InChI is InChI=1S/C19H23NSi/c1-13-14-9-5-6-10-15(14)19-18(13)16-11-7-8-12-17(16)20(19)21(2,3)4/h5-13,18-19H,1-4H3. The summed E-state index contributed by atoms with van der Waals surface area (Å²) in [4.78, 5) is 0. The highest BCUT2D eigenvalue weighted by molar-refractivity contribution is 6.80. The summed E-state index contributed by atoms with van der Waals surface area (Å²) in [5, 5.41) is 0. The van der Waals surface area contributed by atoms with Gasteiger partial charge in [-0.15, -0.1) is 0 Å². The van der Waals surface area contributed by atoms with Gasteiger partial charge in [-0.05, 0) is 28.7 Å². The third kappa shape index (κ3) is 1.69. The molecule has 0 radical (unpaired) electrons. The van der Waals surface area contributed by atoms with Crippen molar-refractivity contribution in [3.05, 3.63) is 65.2 Å². The van der Waals surface area contributed by atoms with Gasteiger partial charge in [-0.25, -0.2) is 0 Å². The number of hydrogen-bond acceptors (Lipinski definition) is 1. The Kier molecular flexibility index (Phi) is 2.65. The molecule has 1 aliphatic heterocycles. The van der Waals surface area contributed by atoms with E-state index in [0.717, 1.165) is 0 Å². The van der Waals surface area contributed by atoms with Crippen LogP contribution in [0.3, 0.4) is 0 Å². The SMILES string of the molecule is CC1c2ccccc2C2C1c1ccccc1N2[Si](C)(C)C. The van der Waals surface area contributed by atoms with Crippen LogP contribution in [-0.4, -0.2) is 8.24 Å². The first kappa shape index (κ1) is 13.1. The Balaban J connectivity index is 1.97. The van der Waals surface area contributed by atoms with Gasteiger partial charge in [0.25, 0.3) is 0 Å². The average molecular weight is 293 g/mol. The van der Waals surface area contributed by atoms with Crippen LogP contribution in [0.2, 0.25) is 19.6 Å². The van der Waals surface area contributed by atoms with E-state index in [-0.39, 0.29) is 0 Å². The molecule has 0 aromatic heterocycles. The highest BCUT2D eigenvalue weighted by Crippen LogP contribution is 2.61. The quantitative estimate of drug-likeness (QED) is 0.646. The number of hydrogen-bond donors (Lipinski definition) is 0. The highest BCUT2D eigenvalue weighted by atomic mass is 28.3. The van der Waals surface area contributed by atoms with E-state index < -0.39 is 8.24 Å². The molecule has 2 aromatic rings. The van der Waals surface area contributed by atoms with E-state index in [4.69, 9.17) is 0 Å². The summed E-state index contributed by atoms with van der Waals surface area (Å²) in [6, 6.07) is 18.7. The first-order valence-electron chi connectivity index (χ1n) is 7.97. The lowest BCUT2D eigenvalue weighted by Gasteiger charge is -2.39. The summed E-state index contributed by atoms with van der Waals surface area (Å²) in [5.74, 6) is 1.25. The van der Waals surface area contributed by atoms with Gasteiger partial charge in [-0.1, -0.05) is 69.0 Å². The largest absolute Gasteiger partial charge is 0.391 e. The third-order valence-electron chi connectivity index (χ3n) is 5.24. The summed E-state index contributed by atoms with van der Waals surface area (Å²) in [6.07, 6.45) is 0. The second-order valence-electron chi connectivity index (χ2n) is 7.49. The van der Waals surface area contributed by atoms with Gasteiger partial charge in [0.05, 0.1) is 6.04 Å². The Morgan fingerprint density at radius 3 is 2.05 bits per heavy atom. The van der Waals surface area contributed by atoms with Crippen molar-refractivity contribution in [1.82, 2.24) is 0 Å². The van der Waals surface area contributed by atoms with E-state index in [0.29, 0.717) is 17.9 Å². The fourth-order valence-electron chi connectivity index (χ4n) is 4.51. The lowest BCUT2D eigenvalue weighted by molar-refractivity contribution is 0.567. The molecule has 21 heavy (non-hydrogen) atoms. The van der Waals surface area contributed by atoms with Gasteiger partial charge in [0.1, 0.15) is 8.24 Å². The van der Waals surface area contributed by atoms with Crippen LogP contribution >= 0.6 is 0 Å². The van der Waals surface area contributed by atoms with Gasteiger partial charge in [-0.2, -0.15) is 0 Å². The van der Waals surface area contributed by atoms with Crippen LogP contribution < -0.4 is 4.57 Å². The molecule has 3 unspecified atom stereocenters. The van der Waals surface area contributed by atoms with E-state index in [1.165, 1.54) is 5.69 Å². The van der Waals surface area contributed by atoms with Gasteiger partial charge in [-0.3, -0.25) is 0 Å². The number of nitrogens with zero attached hydrogens (tertiary/aromatic N) is 1. The number of anilines is 1. The predicted octanol–water partition coefficient (Wildman–Crippen LogP) is 5.28. The first-order valence-corrected chi connectivity index (χ1v) is 11.4. The molecule has 1 nitrogen and oxygen atoms in total. The summed E-state index contributed by atoms with van der Waals surface area (Å²) >= 11 is 0. The van der Waals surface area contributed by atoms with Crippen LogP contribution in [0, 0.1) is 0 Å². The molecule has 108 valence electrons. The van der Waals surface area contributed by atoms with Crippen molar-refractivity contribution in [3.8, 4) is 0 Å². The van der Waals surface area contributed by atoms with Crippen molar-refractivity contribution in [3.63, 3.8) is 0 Å². The molecule has 0 spiro atoms. The number of para-hydroxylation sites is 1. The molecule has 0 N–H and O–H groups in total. The normalized spacial score (nSPS) is 26.5. The van der Waals surface area contributed by atoms with Crippen LogP contribution in [0.25, 0.3) is 0 Å². The van der Waals surface area contributed by atoms with Crippen molar-refractivity contribution in [1.29, 1.82) is 0 Å². The fourth-order valence-corrected chi connectivity index (χ4v) is 6.57. The molecular formula is C19H23NSi. The maximum Gasteiger partial charge on any atom is 0.148 e. The maximum atomic E-state index is 2.79. The lowest BCUT2D eigenvalue weighted by Crippen LogP contribution is -2.46. The van der Waals surface area contributed by atoms with E-state index in [1.807, 2.05) is 0 Å². The second kappa shape index (κ2) is 4.23. The monoisotopic (exact) mass is 293 g/mol. The van der Waals surface area contributed by atoms with Gasteiger partial charge < -0.3 is 4.57 Å². The Bertz CT molecular complexity index is 701. The molecule has 4 rings (SSSR count). The maximum absolute atomic E-state index is 2.79. The lowest BCUT2D eigenvalue weighted by atomic mass is 9.88. The van der Waals surface area contributed by atoms with Gasteiger partial charge in [0, 0.05) is 11.6 Å². The van der Waals surface area contributed by atoms with E-state index in [1.54, 1.807) is 16.7 Å². The van der Waals surface area contributed by atoms with Crippen LogP contribution in [0.4, 0.5) is 5.69 Å². The summed E-state index contributed by atoms with van der Waals surface area (Å²) < 4.78 is 2.79. The molecule has 3 atom stereocenters. The Labute approximate surface area is 128 Å². The van der Waals surface area contributed by atoms with Gasteiger partial charge >= 0.3 is 0 Å². The highest BCUT2D eigenvalue weighted by Gasteiger charge is 2.50. The average Bonchev–Trinajstić information content (AvgIpc) is 2.93. The smallest absolute Gasteiger partial charge is 0.148 e. The number of benzene rings is 2. The molecule has 0 saturated heterocycles. The van der Waals surface area contributed by atoms with Crippen molar-refractivity contribution in [2.75, 3.05) is 4.57 Å². The van der Waals surface area contributed by atoms with Crippen LogP contribution in [-0.2, 0) is 0 Å². The molecule has 0 saturated carbocycles. The van der Waals surface area contributed by atoms with Crippen LogP contribution in [0.1, 0.15) is 41.5 Å². The third-order valence-corrected chi connectivity index (χ3v) is 7.20. The minimum atomic E-state index is -1.43. The molecule has 0 bridgehead atoms. The van der Waals surface area contributed by atoms with Crippen LogP contribution in [0.5, 0.6) is 0 Å². The molecule has 0 fully saturated rings. The number of fused-ring (bicyclic) bond motifs is 5. The zero-order valence-corrected chi connectivity index (χ0v) is 14.3. The Hall–Kier alpha value is -1.54. The van der Waals surface area contributed by atoms with E-state index >= 15 is 0 Å². The van der Waals surface area contributed by atoms with E-state index in [9.17, 15) is 0 Å². The molecule has 0 amide bonds. The van der Waals surface area contributed by atoms with Crippen molar-refractivity contribution < 1.29 is 0 Å². The topological polar surface area (TPSA) is 3.24 Å². The fraction of sp³-hybridized carbons (Fsp3) is 0.368. The van der Waals surface area contributed by atoms with Gasteiger partial charge in [0.15, 0.2) is 0 Å². The zero-order chi connectivity index (χ0) is 14.8. The Morgan fingerprint density at radius 1 is 0.810 bits per heavy atom. The Morgan fingerprint density at radius 2 is 1.38 bits per heavy atom. The molecule has 2 heteroatoms. The molecule has 2 aliphatic rings. The summed E-state index contributed by atoms with van der Waals surface area (Å²) in [6.45, 7) is 9.82. The summed E-state index contributed by atoms with van der Waals surface area (Å²) in [5.41, 5.74) is 6.18. The van der Waals surface area contributed by atoms with Crippen molar-refractivity contribution in [2.45, 2.75) is 44.4 Å². The van der Waals surface area contributed by atoms with Crippen molar-refractivity contribution in [2.24, 2.45) is 0 Å². The molecular weight excluding hydrogens is 270 g/mol. The summed E-state index contributed by atoms with van der Waals surface area (Å²) in [7, 11) is -1.43. The van der Waals surface area contributed by atoms with Crippen LogP contribution in [0.15, 0.2) is 48.5 Å². The minimum Gasteiger partial charge on any atom is -0.391 e. The first-order chi connectivity index (χ1) is 10.00. The zero-order valence-electron chi connectivity index (χ0n) is 13.3. The minimum absolute atomic E-state index is 0.556. The van der Waals surface area contributed by atoms with Crippen molar-refractivity contribution >= 4 is 13.9 Å².